The zero-order valence-electron chi connectivity index (χ0n) is 11.3. The molecule has 2 amide bonds. The number of nitrogens with zero attached hydrogens (tertiary/aromatic N) is 2. The van der Waals surface area contributed by atoms with Crippen LogP contribution in [0.1, 0.15) is 25.7 Å². The Morgan fingerprint density at radius 2 is 2.25 bits per heavy atom. The van der Waals surface area contributed by atoms with Gasteiger partial charge in [0.05, 0.1) is 0 Å². The number of likely N-dealkylation sites (tertiary alicyclic amines) is 1. The van der Waals surface area contributed by atoms with Gasteiger partial charge in [-0.2, -0.15) is 0 Å². The van der Waals surface area contributed by atoms with Crippen molar-refractivity contribution in [3.63, 3.8) is 0 Å². The molecule has 108 valence electrons. The summed E-state index contributed by atoms with van der Waals surface area (Å²) in [5, 5.41) is 11.5. The Hall–Kier alpha value is -1.95. The van der Waals surface area contributed by atoms with Crippen molar-refractivity contribution in [3.05, 3.63) is 24.4 Å². The first-order valence-corrected chi connectivity index (χ1v) is 6.86. The maximum Gasteiger partial charge on any atom is 0.315 e. The van der Waals surface area contributed by atoms with Crippen LogP contribution in [0.2, 0.25) is 0 Å². The number of amides is 2. The number of pyridine rings is 1. The van der Waals surface area contributed by atoms with Crippen LogP contribution >= 0.6 is 0 Å². The van der Waals surface area contributed by atoms with Crippen molar-refractivity contribution in [1.82, 2.24) is 9.88 Å². The maximum absolute atomic E-state index is 12.2. The van der Waals surface area contributed by atoms with E-state index in [4.69, 9.17) is 5.11 Å². The van der Waals surface area contributed by atoms with Crippen LogP contribution in [0.3, 0.4) is 0 Å². The molecule has 6 heteroatoms. The third-order valence-electron chi connectivity index (χ3n) is 3.45. The molecule has 2 rings (SSSR count). The van der Waals surface area contributed by atoms with Crippen LogP contribution in [0.15, 0.2) is 24.4 Å². The normalized spacial score (nSPS) is 18.6. The van der Waals surface area contributed by atoms with Crippen LogP contribution < -0.4 is 5.32 Å². The van der Waals surface area contributed by atoms with Crippen molar-refractivity contribution in [1.29, 1.82) is 0 Å². The molecule has 0 aromatic carbocycles. The van der Waals surface area contributed by atoms with Crippen molar-refractivity contribution in [2.24, 2.45) is 0 Å². The molecule has 0 aliphatic carbocycles. The molecule has 0 bridgehead atoms. The van der Waals surface area contributed by atoms with Crippen LogP contribution in [0.5, 0.6) is 0 Å². The molecule has 1 unspecified atom stereocenters. The number of aliphatic hydroxyl groups is 1. The van der Waals surface area contributed by atoms with Crippen LogP contribution in [-0.2, 0) is 9.59 Å². The Balaban J connectivity index is 1.99. The molecule has 1 saturated heterocycles. The second kappa shape index (κ2) is 7.00. The van der Waals surface area contributed by atoms with E-state index in [1.54, 1.807) is 29.3 Å². The quantitative estimate of drug-likeness (QED) is 0.800. The lowest BCUT2D eigenvalue weighted by molar-refractivity contribution is -0.146. The van der Waals surface area contributed by atoms with Crippen LogP contribution in [0.25, 0.3) is 0 Å². The summed E-state index contributed by atoms with van der Waals surface area (Å²) in [4.78, 5) is 29.7. The molecule has 6 nitrogen and oxygen atoms in total. The summed E-state index contributed by atoms with van der Waals surface area (Å²) in [6.07, 6.45) is 4.82. The summed E-state index contributed by atoms with van der Waals surface area (Å²) in [5.74, 6) is -0.857. The molecular formula is C14H19N3O3. The maximum atomic E-state index is 12.2. The Bertz CT molecular complexity index is 462. The smallest absolute Gasteiger partial charge is 0.315 e. The number of anilines is 1. The molecule has 0 spiro atoms. The van der Waals surface area contributed by atoms with Gasteiger partial charge in [-0.3, -0.25) is 9.59 Å². The van der Waals surface area contributed by atoms with Gasteiger partial charge in [-0.1, -0.05) is 6.07 Å². The largest absolute Gasteiger partial charge is 0.396 e. The van der Waals surface area contributed by atoms with Gasteiger partial charge >= 0.3 is 11.8 Å². The molecule has 1 aromatic rings. The average Bonchev–Trinajstić information content (AvgIpc) is 2.48. The fourth-order valence-electron chi connectivity index (χ4n) is 2.45. The number of carbonyl (C=O) groups excluding carboxylic acids is 2. The fourth-order valence-corrected chi connectivity index (χ4v) is 2.45. The number of hydrogen-bond acceptors (Lipinski definition) is 4. The minimum absolute atomic E-state index is 0.0241. The van der Waals surface area contributed by atoms with Gasteiger partial charge < -0.3 is 15.3 Å². The zero-order chi connectivity index (χ0) is 14.4. The third kappa shape index (κ3) is 3.54. The third-order valence-corrected chi connectivity index (χ3v) is 3.45. The van der Waals surface area contributed by atoms with Crippen molar-refractivity contribution in [3.8, 4) is 0 Å². The molecule has 0 saturated carbocycles. The topological polar surface area (TPSA) is 82.5 Å². The summed E-state index contributed by atoms with van der Waals surface area (Å²) in [5.41, 5.74) is 0. The van der Waals surface area contributed by atoms with E-state index in [0.29, 0.717) is 18.8 Å². The molecule has 1 aliphatic heterocycles. The van der Waals surface area contributed by atoms with E-state index < -0.39 is 11.8 Å². The average molecular weight is 277 g/mol. The fraction of sp³-hybridized carbons (Fsp3) is 0.500. The molecule has 20 heavy (non-hydrogen) atoms. The predicted octanol–water partition coefficient (Wildman–Crippen LogP) is 0.784. The first-order valence-electron chi connectivity index (χ1n) is 6.86. The van der Waals surface area contributed by atoms with E-state index in [2.05, 4.69) is 10.3 Å². The van der Waals surface area contributed by atoms with Crippen molar-refractivity contribution in [2.75, 3.05) is 18.5 Å². The van der Waals surface area contributed by atoms with E-state index in [1.165, 1.54) is 0 Å². The van der Waals surface area contributed by atoms with E-state index in [-0.39, 0.29) is 12.6 Å². The minimum Gasteiger partial charge on any atom is -0.396 e. The lowest BCUT2D eigenvalue weighted by Crippen LogP contribution is -2.48. The first kappa shape index (κ1) is 14.5. The summed E-state index contributed by atoms with van der Waals surface area (Å²) in [7, 11) is 0. The molecule has 2 N–H and O–H groups in total. The minimum atomic E-state index is -0.673. The number of aliphatic hydroxyl groups excluding tert-OH is 1. The Morgan fingerprint density at radius 1 is 1.40 bits per heavy atom. The Morgan fingerprint density at radius 3 is 2.95 bits per heavy atom. The van der Waals surface area contributed by atoms with Crippen LogP contribution in [-0.4, -0.2) is 46.0 Å². The molecule has 1 aromatic heterocycles. The molecule has 1 fully saturated rings. The predicted molar refractivity (Wildman–Crippen MR) is 73.9 cm³/mol. The number of nitrogens with one attached hydrogen (secondary N) is 1. The molecular weight excluding hydrogens is 258 g/mol. The monoisotopic (exact) mass is 277 g/mol. The first-order chi connectivity index (χ1) is 9.72. The highest BCUT2D eigenvalue weighted by molar-refractivity contribution is 6.39. The highest BCUT2D eigenvalue weighted by Crippen LogP contribution is 2.19. The van der Waals surface area contributed by atoms with Gasteiger partial charge in [-0.05, 0) is 37.8 Å². The van der Waals surface area contributed by atoms with E-state index in [0.717, 1.165) is 19.3 Å². The highest BCUT2D eigenvalue weighted by Gasteiger charge is 2.30. The SMILES string of the molecule is O=C(Nc1ccccn1)C(=O)N1CCCCC1CCO. The Kier molecular flexibility index (Phi) is 5.06. The van der Waals surface area contributed by atoms with Crippen LogP contribution in [0, 0.1) is 0 Å². The van der Waals surface area contributed by atoms with Crippen molar-refractivity contribution in [2.45, 2.75) is 31.7 Å². The highest BCUT2D eigenvalue weighted by atomic mass is 16.3. The Labute approximate surface area is 117 Å². The van der Waals surface area contributed by atoms with Gasteiger partial charge in [-0.15, -0.1) is 0 Å². The van der Waals surface area contributed by atoms with Gasteiger partial charge in [0.25, 0.3) is 0 Å². The van der Waals surface area contributed by atoms with E-state index in [1.807, 2.05) is 0 Å². The second-order valence-electron chi connectivity index (χ2n) is 4.83. The zero-order valence-corrected chi connectivity index (χ0v) is 11.3. The van der Waals surface area contributed by atoms with Gasteiger partial charge in [0.2, 0.25) is 0 Å². The van der Waals surface area contributed by atoms with E-state index in [9.17, 15) is 9.59 Å². The number of rotatable bonds is 3. The van der Waals surface area contributed by atoms with Gasteiger partial charge in [-0.25, -0.2) is 4.98 Å². The van der Waals surface area contributed by atoms with Gasteiger partial charge in [0, 0.05) is 25.4 Å². The van der Waals surface area contributed by atoms with Gasteiger partial charge in [0.15, 0.2) is 0 Å². The summed E-state index contributed by atoms with van der Waals surface area (Å²) in [6.45, 7) is 0.593. The second-order valence-corrected chi connectivity index (χ2v) is 4.83. The summed E-state index contributed by atoms with van der Waals surface area (Å²) >= 11 is 0. The standard InChI is InChI=1S/C14H19N3O3/c18-10-7-11-5-2-4-9-17(11)14(20)13(19)16-12-6-1-3-8-15-12/h1,3,6,8,11,18H,2,4-5,7,9-10H2,(H,15,16,19). The molecule has 1 atom stereocenters. The number of carbonyl (C=O) groups is 2. The van der Waals surface area contributed by atoms with Crippen molar-refractivity contribution >= 4 is 17.6 Å². The number of aromatic nitrogens is 1. The van der Waals surface area contributed by atoms with Crippen LogP contribution in [0.4, 0.5) is 5.82 Å². The molecule has 1 aliphatic rings. The summed E-state index contributed by atoms with van der Waals surface area (Å²) in [6, 6.07) is 5.06. The molecule has 2 heterocycles. The van der Waals surface area contributed by atoms with E-state index >= 15 is 0 Å². The van der Waals surface area contributed by atoms with Gasteiger partial charge in [0.1, 0.15) is 5.82 Å². The lowest BCUT2D eigenvalue weighted by atomic mass is 9.99. The number of piperidine rings is 1. The molecule has 0 radical (unpaired) electrons. The lowest BCUT2D eigenvalue weighted by Gasteiger charge is -2.34. The summed E-state index contributed by atoms with van der Waals surface area (Å²) < 4.78 is 0. The van der Waals surface area contributed by atoms with Crippen molar-refractivity contribution < 1.29 is 14.7 Å². The number of hydrogen-bond donors (Lipinski definition) is 2.